The normalized spacial score (nSPS) is 23.6. The number of ether oxygens (including phenoxy) is 2. The van der Waals surface area contributed by atoms with E-state index in [4.69, 9.17) is 9.47 Å². The lowest BCUT2D eigenvalue weighted by atomic mass is 10.1. The third kappa shape index (κ3) is 4.81. The minimum absolute atomic E-state index is 0.0151. The van der Waals surface area contributed by atoms with E-state index >= 15 is 0 Å². The number of carbonyl (C=O) groups is 1. The molecule has 1 amide bonds. The van der Waals surface area contributed by atoms with Gasteiger partial charge in [0.05, 0.1) is 18.8 Å². The molecule has 0 aromatic rings. The summed E-state index contributed by atoms with van der Waals surface area (Å²) in [4.78, 5) is 11.5. The zero-order chi connectivity index (χ0) is 12.2. The minimum Gasteiger partial charge on any atom is -0.444 e. The Morgan fingerprint density at radius 1 is 1.56 bits per heavy atom. The molecule has 1 fully saturated rings. The molecule has 1 aliphatic heterocycles. The number of alkyl carbamates (subject to hydrolysis) is 1. The first-order valence-corrected chi connectivity index (χ1v) is 5.70. The summed E-state index contributed by atoms with van der Waals surface area (Å²) in [5, 5.41) is 6.00. The van der Waals surface area contributed by atoms with Crippen molar-refractivity contribution >= 4 is 6.09 Å². The van der Waals surface area contributed by atoms with Crippen molar-refractivity contribution in [2.45, 2.75) is 45.4 Å². The number of hydrogen-bond acceptors (Lipinski definition) is 4. The van der Waals surface area contributed by atoms with Crippen LogP contribution >= 0.6 is 0 Å². The maximum absolute atomic E-state index is 11.5. The van der Waals surface area contributed by atoms with Gasteiger partial charge in [0, 0.05) is 13.1 Å². The monoisotopic (exact) mass is 230 g/mol. The maximum atomic E-state index is 11.5. The first-order valence-electron chi connectivity index (χ1n) is 5.70. The average Bonchev–Trinajstić information content (AvgIpc) is 2.16. The lowest BCUT2D eigenvalue weighted by Crippen LogP contribution is -2.51. The topological polar surface area (TPSA) is 59.6 Å². The highest BCUT2D eigenvalue weighted by Crippen LogP contribution is 2.08. The van der Waals surface area contributed by atoms with Crippen molar-refractivity contribution in [2.75, 3.05) is 19.7 Å². The van der Waals surface area contributed by atoms with Crippen molar-refractivity contribution in [3.05, 3.63) is 0 Å². The van der Waals surface area contributed by atoms with Crippen molar-refractivity contribution in [2.24, 2.45) is 0 Å². The van der Waals surface area contributed by atoms with E-state index in [9.17, 15) is 4.79 Å². The highest BCUT2D eigenvalue weighted by atomic mass is 16.6. The number of hydrogen-bond donors (Lipinski definition) is 2. The number of morpholine rings is 1. The van der Waals surface area contributed by atoms with E-state index in [1.807, 2.05) is 27.7 Å². The fourth-order valence-corrected chi connectivity index (χ4v) is 1.49. The van der Waals surface area contributed by atoms with Crippen LogP contribution in [0.15, 0.2) is 0 Å². The summed E-state index contributed by atoms with van der Waals surface area (Å²) >= 11 is 0. The third-order valence-corrected chi connectivity index (χ3v) is 2.26. The van der Waals surface area contributed by atoms with E-state index in [2.05, 4.69) is 10.6 Å². The van der Waals surface area contributed by atoms with Crippen molar-refractivity contribution in [3.63, 3.8) is 0 Å². The van der Waals surface area contributed by atoms with Crippen molar-refractivity contribution in [1.82, 2.24) is 10.6 Å². The lowest BCUT2D eigenvalue weighted by Gasteiger charge is -2.30. The molecular formula is C11H22N2O3. The quantitative estimate of drug-likeness (QED) is 0.739. The lowest BCUT2D eigenvalue weighted by molar-refractivity contribution is 0.00141. The van der Waals surface area contributed by atoms with Crippen molar-refractivity contribution < 1.29 is 14.3 Å². The minimum atomic E-state index is -0.463. The molecular weight excluding hydrogens is 208 g/mol. The third-order valence-electron chi connectivity index (χ3n) is 2.26. The molecule has 5 nitrogen and oxygen atoms in total. The molecule has 0 aliphatic carbocycles. The molecule has 16 heavy (non-hydrogen) atoms. The molecule has 1 aliphatic rings. The number of amides is 1. The Hall–Kier alpha value is -0.810. The Bertz CT molecular complexity index is 232. The van der Waals surface area contributed by atoms with Gasteiger partial charge in [-0.2, -0.15) is 0 Å². The Kier molecular flexibility index (Phi) is 4.56. The van der Waals surface area contributed by atoms with Gasteiger partial charge >= 0.3 is 6.09 Å². The largest absolute Gasteiger partial charge is 0.444 e. The predicted octanol–water partition coefficient (Wildman–Crippen LogP) is 0.888. The summed E-state index contributed by atoms with van der Waals surface area (Å²) in [6, 6.07) is -0.0531. The first-order chi connectivity index (χ1) is 7.38. The SMILES string of the molecule is C[C@H](NC(=O)OC(C)(C)C)[C@@H]1CNCCO1. The molecule has 2 N–H and O–H groups in total. The Labute approximate surface area is 96.9 Å². The van der Waals surface area contributed by atoms with Gasteiger partial charge < -0.3 is 20.1 Å². The second kappa shape index (κ2) is 5.50. The summed E-state index contributed by atoms with van der Waals surface area (Å²) < 4.78 is 10.7. The van der Waals surface area contributed by atoms with Crippen LogP contribution in [0.4, 0.5) is 4.79 Å². The van der Waals surface area contributed by atoms with Crippen LogP contribution in [-0.4, -0.2) is 43.5 Å². The van der Waals surface area contributed by atoms with Crippen LogP contribution in [0.25, 0.3) is 0 Å². The van der Waals surface area contributed by atoms with E-state index in [1.165, 1.54) is 0 Å². The Balaban J connectivity index is 2.32. The number of carbonyl (C=O) groups excluding carboxylic acids is 1. The van der Waals surface area contributed by atoms with Gasteiger partial charge in [-0.3, -0.25) is 0 Å². The van der Waals surface area contributed by atoms with Gasteiger partial charge in [0.15, 0.2) is 0 Å². The van der Waals surface area contributed by atoms with Gasteiger partial charge in [-0.25, -0.2) is 4.79 Å². The van der Waals surface area contributed by atoms with Crippen LogP contribution in [-0.2, 0) is 9.47 Å². The molecule has 0 spiro atoms. The van der Waals surface area contributed by atoms with Crippen molar-refractivity contribution in [3.8, 4) is 0 Å². The molecule has 0 bridgehead atoms. The zero-order valence-corrected chi connectivity index (χ0v) is 10.5. The van der Waals surface area contributed by atoms with Crippen LogP contribution in [0.3, 0.4) is 0 Å². The molecule has 1 rings (SSSR count). The second-order valence-electron chi connectivity index (χ2n) is 5.05. The second-order valence-corrected chi connectivity index (χ2v) is 5.05. The molecule has 1 saturated heterocycles. The molecule has 0 saturated carbocycles. The molecule has 2 atom stereocenters. The van der Waals surface area contributed by atoms with Crippen LogP contribution in [0.2, 0.25) is 0 Å². The molecule has 0 radical (unpaired) electrons. The van der Waals surface area contributed by atoms with Crippen LogP contribution in [0.5, 0.6) is 0 Å². The smallest absolute Gasteiger partial charge is 0.407 e. The predicted molar refractivity (Wildman–Crippen MR) is 61.4 cm³/mol. The van der Waals surface area contributed by atoms with Gasteiger partial charge in [-0.05, 0) is 27.7 Å². The average molecular weight is 230 g/mol. The Morgan fingerprint density at radius 2 is 2.25 bits per heavy atom. The summed E-state index contributed by atoms with van der Waals surface area (Å²) in [6.07, 6.45) is -0.379. The summed E-state index contributed by atoms with van der Waals surface area (Å²) in [5.74, 6) is 0. The van der Waals surface area contributed by atoms with Gasteiger partial charge in [0.1, 0.15) is 5.60 Å². The number of nitrogens with one attached hydrogen (secondary N) is 2. The number of rotatable bonds is 2. The van der Waals surface area contributed by atoms with Crippen LogP contribution in [0, 0.1) is 0 Å². The molecule has 0 unspecified atom stereocenters. The van der Waals surface area contributed by atoms with Crippen LogP contribution in [0.1, 0.15) is 27.7 Å². The van der Waals surface area contributed by atoms with Gasteiger partial charge in [-0.15, -0.1) is 0 Å². The van der Waals surface area contributed by atoms with E-state index in [-0.39, 0.29) is 12.1 Å². The van der Waals surface area contributed by atoms with Gasteiger partial charge in [0.25, 0.3) is 0 Å². The highest BCUT2D eigenvalue weighted by Gasteiger charge is 2.24. The summed E-state index contributed by atoms with van der Waals surface area (Å²) in [6.45, 7) is 9.76. The van der Waals surface area contributed by atoms with E-state index in [1.54, 1.807) is 0 Å². The zero-order valence-electron chi connectivity index (χ0n) is 10.5. The van der Waals surface area contributed by atoms with Gasteiger partial charge in [0.2, 0.25) is 0 Å². The molecule has 94 valence electrons. The van der Waals surface area contributed by atoms with E-state index in [0.717, 1.165) is 13.1 Å². The summed E-state index contributed by atoms with van der Waals surface area (Å²) in [7, 11) is 0. The van der Waals surface area contributed by atoms with Crippen molar-refractivity contribution in [1.29, 1.82) is 0 Å². The van der Waals surface area contributed by atoms with Crippen LogP contribution < -0.4 is 10.6 Å². The Morgan fingerprint density at radius 3 is 2.75 bits per heavy atom. The fourth-order valence-electron chi connectivity index (χ4n) is 1.49. The fraction of sp³-hybridized carbons (Fsp3) is 0.909. The summed E-state index contributed by atoms with van der Waals surface area (Å²) in [5.41, 5.74) is -0.463. The van der Waals surface area contributed by atoms with Gasteiger partial charge in [-0.1, -0.05) is 0 Å². The van der Waals surface area contributed by atoms with E-state index in [0.29, 0.717) is 6.61 Å². The van der Waals surface area contributed by atoms with E-state index < -0.39 is 11.7 Å². The molecule has 1 heterocycles. The first kappa shape index (κ1) is 13.3. The highest BCUT2D eigenvalue weighted by molar-refractivity contribution is 5.68. The molecule has 5 heteroatoms. The molecule has 0 aromatic heterocycles. The molecule has 0 aromatic carbocycles. The standard InChI is InChI=1S/C11H22N2O3/c1-8(9-7-12-5-6-15-9)13-10(14)16-11(2,3)4/h8-9,12H,5-7H2,1-4H3,(H,13,14)/t8-,9-/m0/s1. The maximum Gasteiger partial charge on any atom is 0.407 e.